The van der Waals surface area contributed by atoms with Crippen LogP contribution in [0.2, 0.25) is 0 Å². The van der Waals surface area contributed by atoms with Crippen LogP contribution in [0, 0.1) is 0 Å². The Morgan fingerprint density at radius 1 is 1.42 bits per heavy atom. The summed E-state index contributed by atoms with van der Waals surface area (Å²) in [5.74, 6) is 0.197. The first-order valence-corrected chi connectivity index (χ1v) is 5.76. The molecule has 0 aliphatic rings. The molecule has 0 saturated carbocycles. The average molecular weight is 261 g/mol. The molecule has 0 saturated heterocycles. The van der Waals surface area contributed by atoms with Crippen LogP contribution >= 0.6 is 0 Å². The fraction of sp³-hybridized carbons (Fsp3) is 0.214. The van der Waals surface area contributed by atoms with Crippen LogP contribution in [-0.2, 0) is 6.54 Å². The molecular formula is C14H15NO4. The van der Waals surface area contributed by atoms with Gasteiger partial charge < -0.3 is 19.2 Å². The van der Waals surface area contributed by atoms with Crippen molar-refractivity contribution in [3.8, 4) is 5.75 Å². The molecular weight excluding hydrogens is 246 g/mol. The van der Waals surface area contributed by atoms with Crippen molar-refractivity contribution in [3.05, 3.63) is 47.9 Å². The monoisotopic (exact) mass is 261 g/mol. The summed E-state index contributed by atoms with van der Waals surface area (Å²) < 4.78 is 10.4. The first-order chi connectivity index (χ1) is 9.11. The van der Waals surface area contributed by atoms with Crippen LogP contribution in [0.1, 0.15) is 16.1 Å². The number of hydrogen-bond acceptors (Lipinski definition) is 4. The average Bonchev–Trinajstić information content (AvgIpc) is 2.87. The molecule has 2 aromatic rings. The lowest BCUT2D eigenvalue weighted by Gasteiger charge is -2.18. The number of carboxylic acids is 1. The van der Waals surface area contributed by atoms with E-state index >= 15 is 0 Å². The van der Waals surface area contributed by atoms with Gasteiger partial charge in [0.1, 0.15) is 17.1 Å². The molecule has 0 aliphatic heterocycles. The molecule has 5 nitrogen and oxygen atoms in total. The summed E-state index contributed by atoms with van der Waals surface area (Å²) >= 11 is 0. The molecule has 0 radical (unpaired) electrons. The second kappa shape index (κ2) is 5.48. The third-order valence-corrected chi connectivity index (χ3v) is 2.85. The van der Waals surface area contributed by atoms with E-state index in [1.54, 1.807) is 7.11 Å². The Bertz CT molecular complexity index is 576. The van der Waals surface area contributed by atoms with Crippen molar-refractivity contribution >= 4 is 11.7 Å². The van der Waals surface area contributed by atoms with Gasteiger partial charge in [-0.25, -0.2) is 4.79 Å². The molecule has 100 valence electrons. The summed E-state index contributed by atoms with van der Waals surface area (Å²) in [6.45, 7) is 0.377. The van der Waals surface area contributed by atoms with Gasteiger partial charge in [0.05, 0.1) is 19.9 Å². The highest BCUT2D eigenvalue weighted by Crippen LogP contribution is 2.22. The smallest absolute Gasteiger partial charge is 0.339 e. The van der Waals surface area contributed by atoms with E-state index in [1.165, 1.54) is 12.3 Å². The quantitative estimate of drug-likeness (QED) is 0.896. The molecule has 0 atom stereocenters. The summed E-state index contributed by atoms with van der Waals surface area (Å²) in [6.07, 6.45) is 1.39. The van der Waals surface area contributed by atoms with Gasteiger partial charge in [0.25, 0.3) is 0 Å². The summed E-state index contributed by atoms with van der Waals surface area (Å²) in [5.41, 5.74) is 1.11. The topological polar surface area (TPSA) is 62.9 Å². The van der Waals surface area contributed by atoms with Gasteiger partial charge in [-0.1, -0.05) is 6.07 Å². The molecule has 0 bridgehead atoms. The van der Waals surface area contributed by atoms with Gasteiger partial charge in [-0.05, 0) is 18.2 Å². The largest absolute Gasteiger partial charge is 0.497 e. The lowest BCUT2D eigenvalue weighted by molar-refractivity contribution is 0.0694. The summed E-state index contributed by atoms with van der Waals surface area (Å²) in [6, 6.07) is 8.99. The van der Waals surface area contributed by atoms with Crippen LogP contribution < -0.4 is 9.64 Å². The molecule has 1 aromatic carbocycles. The fourth-order valence-electron chi connectivity index (χ4n) is 1.81. The number of rotatable bonds is 5. The molecule has 0 unspecified atom stereocenters. The molecule has 0 amide bonds. The molecule has 1 N–H and O–H groups in total. The van der Waals surface area contributed by atoms with E-state index in [9.17, 15) is 4.79 Å². The molecule has 5 heteroatoms. The van der Waals surface area contributed by atoms with Crippen LogP contribution in [0.3, 0.4) is 0 Å². The Kier molecular flexibility index (Phi) is 3.75. The highest BCUT2D eigenvalue weighted by molar-refractivity contribution is 5.88. The molecule has 0 spiro atoms. The summed E-state index contributed by atoms with van der Waals surface area (Å²) in [7, 11) is 3.47. The Labute approximate surface area is 111 Å². The zero-order chi connectivity index (χ0) is 13.8. The van der Waals surface area contributed by atoms with Crippen molar-refractivity contribution in [2.75, 3.05) is 19.1 Å². The number of methoxy groups -OCH3 is 1. The van der Waals surface area contributed by atoms with E-state index in [1.807, 2.05) is 36.2 Å². The minimum absolute atomic E-state index is 0.190. The zero-order valence-corrected chi connectivity index (χ0v) is 10.8. The van der Waals surface area contributed by atoms with Crippen LogP contribution in [0.15, 0.2) is 41.0 Å². The van der Waals surface area contributed by atoms with Crippen molar-refractivity contribution in [3.63, 3.8) is 0 Å². The van der Waals surface area contributed by atoms with Crippen molar-refractivity contribution in [1.82, 2.24) is 0 Å². The molecule has 2 rings (SSSR count). The molecule has 19 heavy (non-hydrogen) atoms. The number of hydrogen-bond donors (Lipinski definition) is 1. The van der Waals surface area contributed by atoms with Crippen molar-refractivity contribution in [2.45, 2.75) is 6.54 Å². The van der Waals surface area contributed by atoms with Crippen molar-refractivity contribution < 1.29 is 19.1 Å². The lowest BCUT2D eigenvalue weighted by atomic mass is 10.2. The van der Waals surface area contributed by atoms with E-state index in [0.29, 0.717) is 12.3 Å². The molecule has 1 heterocycles. The van der Waals surface area contributed by atoms with E-state index in [0.717, 1.165) is 11.4 Å². The normalized spacial score (nSPS) is 10.2. The van der Waals surface area contributed by atoms with Crippen LogP contribution in [0.5, 0.6) is 5.75 Å². The van der Waals surface area contributed by atoms with Gasteiger partial charge in [-0.15, -0.1) is 0 Å². The van der Waals surface area contributed by atoms with Crippen LogP contribution in [0.25, 0.3) is 0 Å². The summed E-state index contributed by atoms with van der Waals surface area (Å²) in [4.78, 5) is 12.9. The Balaban J connectivity index is 2.18. The number of carbonyl (C=O) groups is 1. The maximum absolute atomic E-state index is 11.0. The fourth-order valence-corrected chi connectivity index (χ4v) is 1.81. The van der Waals surface area contributed by atoms with Gasteiger partial charge >= 0.3 is 5.97 Å². The van der Waals surface area contributed by atoms with Crippen molar-refractivity contribution in [2.24, 2.45) is 0 Å². The SMILES string of the molecule is COc1cccc(N(C)Cc2occc2C(=O)O)c1. The van der Waals surface area contributed by atoms with E-state index in [2.05, 4.69) is 0 Å². The first-order valence-electron chi connectivity index (χ1n) is 5.76. The lowest BCUT2D eigenvalue weighted by Crippen LogP contribution is -2.17. The van der Waals surface area contributed by atoms with E-state index < -0.39 is 5.97 Å². The second-order valence-electron chi connectivity index (χ2n) is 4.12. The third-order valence-electron chi connectivity index (χ3n) is 2.85. The Morgan fingerprint density at radius 3 is 2.89 bits per heavy atom. The van der Waals surface area contributed by atoms with Gasteiger partial charge in [0.15, 0.2) is 0 Å². The Hall–Kier alpha value is -2.43. The number of nitrogens with zero attached hydrogens (tertiary/aromatic N) is 1. The molecule has 0 fully saturated rings. The molecule has 0 aliphatic carbocycles. The second-order valence-corrected chi connectivity index (χ2v) is 4.12. The highest BCUT2D eigenvalue weighted by atomic mass is 16.5. The van der Waals surface area contributed by atoms with E-state index in [-0.39, 0.29) is 5.56 Å². The predicted molar refractivity (Wildman–Crippen MR) is 70.8 cm³/mol. The van der Waals surface area contributed by atoms with Gasteiger partial charge in [-0.2, -0.15) is 0 Å². The van der Waals surface area contributed by atoms with Gasteiger partial charge in [-0.3, -0.25) is 0 Å². The maximum Gasteiger partial charge on any atom is 0.339 e. The first kappa shape index (κ1) is 13.0. The Morgan fingerprint density at radius 2 is 2.21 bits per heavy atom. The number of anilines is 1. The minimum Gasteiger partial charge on any atom is -0.497 e. The third kappa shape index (κ3) is 2.88. The minimum atomic E-state index is -0.984. The van der Waals surface area contributed by atoms with Gasteiger partial charge in [0, 0.05) is 18.8 Å². The number of ether oxygens (including phenoxy) is 1. The highest BCUT2D eigenvalue weighted by Gasteiger charge is 2.15. The summed E-state index contributed by atoms with van der Waals surface area (Å²) in [5, 5.41) is 9.02. The molecule has 1 aromatic heterocycles. The van der Waals surface area contributed by atoms with Crippen LogP contribution in [-0.4, -0.2) is 25.2 Å². The predicted octanol–water partition coefficient (Wildman–Crippen LogP) is 2.62. The van der Waals surface area contributed by atoms with E-state index in [4.69, 9.17) is 14.3 Å². The number of furan rings is 1. The zero-order valence-electron chi connectivity index (χ0n) is 10.8. The van der Waals surface area contributed by atoms with Crippen molar-refractivity contribution in [1.29, 1.82) is 0 Å². The number of carboxylic acid groups (broad SMARTS) is 1. The maximum atomic E-state index is 11.0. The van der Waals surface area contributed by atoms with Gasteiger partial charge in [0.2, 0.25) is 0 Å². The van der Waals surface area contributed by atoms with Crippen LogP contribution in [0.4, 0.5) is 5.69 Å². The number of aromatic carboxylic acids is 1. The standard InChI is InChI=1S/C14H15NO4/c1-15(10-4-3-5-11(8-10)18-2)9-13-12(14(16)17)6-7-19-13/h3-8H,9H2,1-2H3,(H,16,17). The number of benzene rings is 1.